The van der Waals surface area contributed by atoms with Crippen LogP contribution >= 0.6 is 23.1 Å². The topological polar surface area (TPSA) is 93.7 Å². The molecule has 1 atom stereocenters. The molecule has 1 aliphatic carbocycles. The molecule has 216 valence electrons. The van der Waals surface area contributed by atoms with Crippen molar-refractivity contribution in [3.05, 3.63) is 106 Å². The fourth-order valence-corrected chi connectivity index (χ4v) is 7.34. The number of carbonyl (C=O) groups excluding carboxylic acids is 3. The number of rotatable bonds is 9. The van der Waals surface area contributed by atoms with Crippen molar-refractivity contribution in [1.29, 1.82) is 0 Å². The minimum atomic E-state index is -0.608. The van der Waals surface area contributed by atoms with Gasteiger partial charge in [0.05, 0.1) is 19.8 Å². The van der Waals surface area contributed by atoms with Crippen molar-refractivity contribution in [3.63, 3.8) is 0 Å². The van der Waals surface area contributed by atoms with Crippen molar-refractivity contribution in [2.75, 3.05) is 24.9 Å². The number of amides is 2. The van der Waals surface area contributed by atoms with E-state index in [4.69, 9.17) is 9.47 Å². The molecule has 1 unspecified atom stereocenters. The summed E-state index contributed by atoms with van der Waals surface area (Å²) >= 11 is 2.85. The molecule has 1 aromatic heterocycles. The van der Waals surface area contributed by atoms with Crippen molar-refractivity contribution in [1.82, 2.24) is 0 Å². The number of carbonyl (C=O) groups is 3. The number of hydrogen-bond donors (Lipinski definition) is 2. The highest BCUT2D eigenvalue weighted by molar-refractivity contribution is 8.00. The summed E-state index contributed by atoms with van der Waals surface area (Å²) in [7, 11) is 2.93. The lowest BCUT2D eigenvalue weighted by molar-refractivity contribution is -0.115. The molecule has 0 aliphatic heterocycles. The third-order valence-corrected chi connectivity index (χ3v) is 9.52. The lowest BCUT2D eigenvalue weighted by Gasteiger charge is -2.18. The molecule has 4 aromatic rings. The van der Waals surface area contributed by atoms with Gasteiger partial charge in [0.25, 0.3) is 5.91 Å². The molecule has 0 spiro atoms. The molecule has 0 saturated heterocycles. The number of benzene rings is 3. The second kappa shape index (κ2) is 13.7. The standard InChI is InChI=1S/C33H32N2O5S2/c1-39-24-15-9-13-22(19-24)30(36)34-23-14-10-16-25(20-23)41-29(21-11-5-3-6-12-21)31(37)35-32-28(33(38)40-2)26-17-7-4-8-18-27(26)42-32/h3,5-6,9-16,19-20,29H,4,7-8,17-18H2,1-2H3,(H,34,36)(H,35,37). The van der Waals surface area contributed by atoms with Crippen LogP contribution in [0.5, 0.6) is 5.75 Å². The number of ether oxygens (including phenoxy) is 2. The number of methoxy groups -OCH3 is 2. The van der Waals surface area contributed by atoms with E-state index in [0.29, 0.717) is 27.6 Å². The summed E-state index contributed by atoms with van der Waals surface area (Å²) in [5.74, 6) is -0.325. The number of fused-ring (bicyclic) bond motifs is 1. The van der Waals surface area contributed by atoms with E-state index in [1.807, 2.05) is 48.5 Å². The number of aryl methyl sites for hydroxylation is 1. The zero-order valence-corrected chi connectivity index (χ0v) is 25.1. The molecule has 9 heteroatoms. The number of anilines is 2. The average molecular weight is 601 g/mol. The van der Waals surface area contributed by atoms with E-state index >= 15 is 0 Å². The van der Waals surface area contributed by atoms with Gasteiger partial charge in [-0.25, -0.2) is 4.79 Å². The van der Waals surface area contributed by atoms with Crippen LogP contribution in [0.1, 0.15) is 61.2 Å². The molecule has 0 saturated carbocycles. The average Bonchev–Trinajstić information content (AvgIpc) is 3.19. The normalized spacial score (nSPS) is 13.3. The lowest BCUT2D eigenvalue weighted by atomic mass is 10.1. The molecular weight excluding hydrogens is 569 g/mol. The Kier molecular flexibility index (Phi) is 9.61. The first-order valence-corrected chi connectivity index (χ1v) is 15.5. The van der Waals surface area contributed by atoms with Gasteiger partial charge in [-0.05, 0) is 73.2 Å². The van der Waals surface area contributed by atoms with Gasteiger partial charge in [0.1, 0.15) is 16.0 Å². The fourth-order valence-electron chi connectivity index (χ4n) is 4.98. The second-order valence-electron chi connectivity index (χ2n) is 9.87. The van der Waals surface area contributed by atoms with Gasteiger partial charge in [0, 0.05) is 21.0 Å². The third-order valence-electron chi connectivity index (χ3n) is 7.07. The maximum atomic E-state index is 13.9. The molecule has 3 aromatic carbocycles. The van der Waals surface area contributed by atoms with Crippen molar-refractivity contribution >= 4 is 51.6 Å². The number of hydrogen-bond acceptors (Lipinski definition) is 7. The predicted octanol–water partition coefficient (Wildman–Crippen LogP) is 7.54. The second-order valence-corrected chi connectivity index (χ2v) is 12.2. The van der Waals surface area contributed by atoms with Gasteiger partial charge in [-0.1, -0.05) is 48.9 Å². The summed E-state index contributed by atoms with van der Waals surface area (Å²) in [4.78, 5) is 41.6. The van der Waals surface area contributed by atoms with Gasteiger partial charge < -0.3 is 20.1 Å². The van der Waals surface area contributed by atoms with Crippen molar-refractivity contribution in [2.24, 2.45) is 0 Å². The Bertz CT molecular complexity index is 1580. The Morgan fingerprint density at radius 1 is 0.857 bits per heavy atom. The zero-order chi connectivity index (χ0) is 29.5. The first-order valence-electron chi connectivity index (χ1n) is 13.8. The van der Waals surface area contributed by atoms with E-state index in [1.165, 1.54) is 30.2 Å². The van der Waals surface area contributed by atoms with Crippen LogP contribution in [-0.4, -0.2) is 32.0 Å². The number of nitrogens with one attached hydrogen (secondary N) is 2. The van der Waals surface area contributed by atoms with E-state index in [0.717, 1.165) is 53.0 Å². The van der Waals surface area contributed by atoms with Gasteiger partial charge >= 0.3 is 5.97 Å². The molecule has 2 N–H and O–H groups in total. The largest absolute Gasteiger partial charge is 0.497 e. The van der Waals surface area contributed by atoms with Crippen molar-refractivity contribution in [3.8, 4) is 5.75 Å². The van der Waals surface area contributed by atoms with Crippen LogP contribution in [0.4, 0.5) is 10.7 Å². The van der Waals surface area contributed by atoms with Gasteiger partial charge in [0.15, 0.2) is 0 Å². The van der Waals surface area contributed by atoms with Gasteiger partial charge in [-0.3, -0.25) is 9.59 Å². The van der Waals surface area contributed by atoms with Crippen molar-refractivity contribution < 1.29 is 23.9 Å². The molecule has 0 fully saturated rings. The van der Waals surface area contributed by atoms with Gasteiger partial charge in [0.2, 0.25) is 5.91 Å². The third kappa shape index (κ3) is 6.86. The highest BCUT2D eigenvalue weighted by Gasteiger charge is 2.29. The summed E-state index contributed by atoms with van der Waals surface area (Å²) in [6.07, 6.45) is 4.89. The smallest absolute Gasteiger partial charge is 0.341 e. The lowest BCUT2D eigenvalue weighted by Crippen LogP contribution is -2.20. The number of thiophene rings is 1. The number of thioether (sulfide) groups is 1. The first-order chi connectivity index (χ1) is 20.5. The summed E-state index contributed by atoms with van der Waals surface area (Å²) in [5, 5.41) is 5.94. The Labute approximate surface area is 253 Å². The van der Waals surface area contributed by atoms with Gasteiger partial charge in [-0.2, -0.15) is 0 Å². The van der Waals surface area contributed by atoms with Crippen LogP contribution in [0, 0.1) is 0 Å². The summed E-state index contributed by atoms with van der Waals surface area (Å²) in [6, 6.07) is 23.9. The van der Waals surface area contributed by atoms with Crippen LogP contribution in [-0.2, 0) is 22.4 Å². The summed E-state index contributed by atoms with van der Waals surface area (Å²) < 4.78 is 10.4. The van der Waals surface area contributed by atoms with E-state index < -0.39 is 11.2 Å². The van der Waals surface area contributed by atoms with E-state index in [1.54, 1.807) is 37.4 Å². The van der Waals surface area contributed by atoms with E-state index in [2.05, 4.69) is 10.6 Å². The van der Waals surface area contributed by atoms with Crippen LogP contribution in [0.15, 0.2) is 83.8 Å². The molecule has 5 rings (SSSR count). The molecule has 0 radical (unpaired) electrons. The van der Waals surface area contributed by atoms with Crippen LogP contribution in [0.25, 0.3) is 0 Å². The van der Waals surface area contributed by atoms with E-state index in [9.17, 15) is 14.4 Å². The molecule has 0 bridgehead atoms. The molecule has 2 amide bonds. The summed E-state index contributed by atoms with van der Waals surface area (Å²) in [6.45, 7) is 0. The van der Waals surface area contributed by atoms with E-state index in [-0.39, 0.29) is 11.8 Å². The molecule has 42 heavy (non-hydrogen) atoms. The predicted molar refractivity (Wildman–Crippen MR) is 168 cm³/mol. The quantitative estimate of drug-likeness (QED) is 0.117. The van der Waals surface area contributed by atoms with Crippen molar-refractivity contribution in [2.45, 2.75) is 42.2 Å². The molecule has 7 nitrogen and oxygen atoms in total. The van der Waals surface area contributed by atoms with Crippen LogP contribution in [0.3, 0.4) is 0 Å². The molecular formula is C33H32N2O5S2. The summed E-state index contributed by atoms with van der Waals surface area (Å²) in [5.41, 5.74) is 3.39. The highest BCUT2D eigenvalue weighted by Crippen LogP contribution is 2.41. The van der Waals surface area contributed by atoms with Gasteiger partial charge in [-0.15, -0.1) is 23.1 Å². The fraction of sp³-hybridized carbons (Fsp3) is 0.242. The minimum Gasteiger partial charge on any atom is -0.497 e. The maximum absolute atomic E-state index is 13.9. The Hall–Kier alpha value is -4.08. The Morgan fingerprint density at radius 2 is 1.64 bits per heavy atom. The Morgan fingerprint density at radius 3 is 2.43 bits per heavy atom. The van der Waals surface area contributed by atoms with Crippen LogP contribution in [0.2, 0.25) is 0 Å². The molecule has 1 heterocycles. The first kappa shape index (κ1) is 29.4. The minimum absolute atomic E-state index is 0.237. The van der Waals surface area contributed by atoms with Crippen LogP contribution < -0.4 is 15.4 Å². The molecule has 1 aliphatic rings. The zero-order valence-electron chi connectivity index (χ0n) is 23.5. The Balaban J connectivity index is 1.39. The SMILES string of the molecule is COC(=O)c1c(NC(=O)C(Sc2cccc(NC(=O)c3cccc(OC)c3)c2)c2ccccc2)sc2c1CCCCC2. The highest BCUT2D eigenvalue weighted by atomic mass is 32.2. The monoisotopic (exact) mass is 600 g/mol. The number of esters is 1. The maximum Gasteiger partial charge on any atom is 0.341 e.